The first kappa shape index (κ1) is 21.0. The van der Waals surface area contributed by atoms with Gasteiger partial charge in [0.2, 0.25) is 0 Å². The second-order valence-corrected chi connectivity index (χ2v) is 6.82. The zero-order chi connectivity index (χ0) is 21.2. The Hall–Kier alpha value is -3.71. The number of rotatable bonds is 7. The first-order valence-electron chi connectivity index (χ1n) is 9.33. The van der Waals surface area contributed by atoms with Crippen LogP contribution in [-0.4, -0.2) is 23.8 Å². The quantitative estimate of drug-likeness (QED) is 0.302. The van der Waals surface area contributed by atoms with Crippen LogP contribution in [0, 0.1) is 6.92 Å². The molecule has 0 fully saturated rings. The number of hydrogen-bond donors (Lipinski definition) is 3. The molecule has 0 spiro atoms. The average Bonchev–Trinajstić information content (AvgIpc) is 2.75. The summed E-state index contributed by atoms with van der Waals surface area (Å²) in [5.41, 5.74) is 6.30. The number of carbonyl (C=O) groups excluding carboxylic acids is 1. The highest BCUT2D eigenvalue weighted by atomic mass is 32.1. The second kappa shape index (κ2) is 10.7. The van der Waals surface area contributed by atoms with Crippen molar-refractivity contribution in [3.8, 4) is 5.75 Å². The SMILES string of the molecule is Cc1ccccc1NC(=O)COc1ccc(/C=N/NC(=S)Nc2ccccc2)cc1. The number of hydrazone groups is 1. The van der Waals surface area contributed by atoms with Gasteiger partial charge in [-0.1, -0.05) is 36.4 Å². The van der Waals surface area contributed by atoms with Gasteiger partial charge in [0.05, 0.1) is 6.21 Å². The van der Waals surface area contributed by atoms with Gasteiger partial charge in [0.25, 0.3) is 5.91 Å². The van der Waals surface area contributed by atoms with Gasteiger partial charge in [0, 0.05) is 11.4 Å². The Morgan fingerprint density at radius 1 is 0.967 bits per heavy atom. The van der Waals surface area contributed by atoms with Crippen molar-refractivity contribution in [1.29, 1.82) is 0 Å². The van der Waals surface area contributed by atoms with Crippen LogP contribution in [0.4, 0.5) is 11.4 Å². The predicted molar refractivity (Wildman–Crippen MR) is 125 cm³/mol. The third-order valence-corrected chi connectivity index (χ3v) is 4.27. The minimum atomic E-state index is -0.210. The fourth-order valence-corrected chi connectivity index (χ4v) is 2.71. The topological polar surface area (TPSA) is 74.8 Å². The van der Waals surface area contributed by atoms with Gasteiger partial charge in [0.15, 0.2) is 11.7 Å². The number of nitrogens with zero attached hydrogens (tertiary/aromatic N) is 1. The summed E-state index contributed by atoms with van der Waals surface area (Å²) >= 11 is 5.19. The molecule has 0 aliphatic heterocycles. The summed E-state index contributed by atoms with van der Waals surface area (Å²) in [6.07, 6.45) is 1.65. The molecule has 0 bridgehead atoms. The molecule has 3 rings (SSSR count). The number of hydrogen-bond acceptors (Lipinski definition) is 4. The number of aryl methyl sites for hydroxylation is 1. The molecule has 6 nitrogen and oxygen atoms in total. The van der Waals surface area contributed by atoms with Crippen molar-refractivity contribution in [3.05, 3.63) is 90.0 Å². The van der Waals surface area contributed by atoms with E-state index in [-0.39, 0.29) is 12.5 Å². The summed E-state index contributed by atoms with van der Waals surface area (Å²) in [5, 5.41) is 10.4. The summed E-state index contributed by atoms with van der Waals surface area (Å²) in [5.74, 6) is 0.389. The molecule has 0 saturated heterocycles. The Labute approximate surface area is 181 Å². The Morgan fingerprint density at radius 2 is 1.67 bits per heavy atom. The van der Waals surface area contributed by atoms with Gasteiger partial charge in [-0.2, -0.15) is 5.10 Å². The normalized spacial score (nSPS) is 10.4. The molecule has 7 heteroatoms. The lowest BCUT2D eigenvalue weighted by Gasteiger charge is -2.09. The number of anilines is 2. The van der Waals surface area contributed by atoms with Crippen LogP contribution in [0.15, 0.2) is 84.0 Å². The van der Waals surface area contributed by atoms with Gasteiger partial charge in [-0.25, -0.2) is 0 Å². The van der Waals surface area contributed by atoms with E-state index in [1.807, 2.05) is 73.7 Å². The van der Waals surface area contributed by atoms with Crippen LogP contribution >= 0.6 is 12.2 Å². The van der Waals surface area contributed by atoms with Gasteiger partial charge in [-0.3, -0.25) is 10.2 Å². The average molecular weight is 419 g/mol. The van der Waals surface area contributed by atoms with E-state index < -0.39 is 0 Å². The molecule has 3 aromatic rings. The smallest absolute Gasteiger partial charge is 0.262 e. The molecule has 0 saturated carbocycles. The fourth-order valence-electron chi connectivity index (χ4n) is 2.54. The van der Waals surface area contributed by atoms with E-state index >= 15 is 0 Å². The van der Waals surface area contributed by atoms with Crippen LogP contribution in [0.25, 0.3) is 0 Å². The fraction of sp³-hybridized carbons (Fsp3) is 0.0870. The van der Waals surface area contributed by atoms with Gasteiger partial charge in [0.1, 0.15) is 5.75 Å². The molecule has 3 N–H and O–H groups in total. The van der Waals surface area contributed by atoms with E-state index in [2.05, 4.69) is 21.2 Å². The van der Waals surface area contributed by atoms with Crippen LogP contribution in [0.3, 0.4) is 0 Å². The molecular formula is C23H22N4O2S. The second-order valence-electron chi connectivity index (χ2n) is 6.41. The van der Waals surface area contributed by atoms with Gasteiger partial charge < -0.3 is 15.4 Å². The molecule has 152 valence electrons. The summed E-state index contributed by atoms with van der Waals surface area (Å²) < 4.78 is 5.54. The van der Waals surface area contributed by atoms with Crippen molar-refractivity contribution in [3.63, 3.8) is 0 Å². The highest BCUT2D eigenvalue weighted by Gasteiger charge is 2.05. The summed E-state index contributed by atoms with van der Waals surface area (Å²) in [6.45, 7) is 1.87. The van der Waals surface area contributed by atoms with Crippen LogP contribution in [0.5, 0.6) is 5.75 Å². The Bertz CT molecular complexity index is 1020. The van der Waals surface area contributed by atoms with E-state index in [9.17, 15) is 4.79 Å². The van der Waals surface area contributed by atoms with Crippen molar-refractivity contribution < 1.29 is 9.53 Å². The van der Waals surface area contributed by atoms with Crippen LogP contribution in [0.1, 0.15) is 11.1 Å². The molecule has 0 heterocycles. The lowest BCUT2D eigenvalue weighted by molar-refractivity contribution is -0.118. The summed E-state index contributed by atoms with van der Waals surface area (Å²) in [4.78, 5) is 12.1. The molecule has 1 amide bonds. The lowest BCUT2D eigenvalue weighted by atomic mass is 10.2. The molecule has 3 aromatic carbocycles. The Morgan fingerprint density at radius 3 is 2.40 bits per heavy atom. The Balaban J connectivity index is 1.43. The van der Waals surface area contributed by atoms with Crippen LogP contribution < -0.4 is 20.8 Å². The van der Waals surface area contributed by atoms with Gasteiger partial charge in [-0.15, -0.1) is 0 Å². The highest BCUT2D eigenvalue weighted by Crippen LogP contribution is 2.14. The largest absolute Gasteiger partial charge is 0.484 e. The third kappa shape index (κ3) is 6.72. The maximum atomic E-state index is 12.1. The van der Waals surface area contributed by atoms with E-state index in [0.29, 0.717) is 10.9 Å². The zero-order valence-corrected chi connectivity index (χ0v) is 17.3. The molecule has 30 heavy (non-hydrogen) atoms. The highest BCUT2D eigenvalue weighted by molar-refractivity contribution is 7.80. The summed E-state index contributed by atoms with van der Waals surface area (Å²) in [7, 11) is 0. The third-order valence-electron chi connectivity index (χ3n) is 4.08. The molecule has 0 atom stereocenters. The maximum absolute atomic E-state index is 12.1. The van der Waals surface area contributed by atoms with Crippen molar-refractivity contribution in [2.75, 3.05) is 17.2 Å². The number of thiocarbonyl (C=S) groups is 1. The van der Waals surface area contributed by atoms with E-state index in [4.69, 9.17) is 17.0 Å². The zero-order valence-electron chi connectivity index (χ0n) is 16.5. The molecular weight excluding hydrogens is 396 g/mol. The first-order chi connectivity index (χ1) is 14.6. The standard InChI is InChI=1S/C23H22N4O2S/c1-17-7-5-6-10-21(17)26-22(28)16-29-20-13-11-18(12-14-20)15-24-27-23(30)25-19-8-3-2-4-9-19/h2-15H,16H2,1H3,(H,26,28)(H2,25,27,30)/b24-15+. The molecule has 0 unspecified atom stereocenters. The molecule has 0 radical (unpaired) electrons. The maximum Gasteiger partial charge on any atom is 0.262 e. The molecule has 0 aromatic heterocycles. The van der Waals surface area contributed by atoms with E-state index in [0.717, 1.165) is 22.5 Å². The van der Waals surface area contributed by atoms with Crippen LogP contribution in [-0.2, 0) is 4.79 Å². The number of carbonyl (C=O) groups is 1. The molecule has 0 aliphatic rings. The van der Waals surface area contributed by atoms with Crippen molar-refractivity contribution in [1.82, 2.24) is 5.43 Å². The molecule has 0 aliphatic carbocycles. The lowest BCUT2D eigenvalue weighted by Crippen LogP contribution is -2.23. The minimum Gasteiger partial charge on any atom is -0.484 e. The summed E-state index contributed by atoms with van der Waals surface area (Å²) in [6, 6.07) is 24.4. The van der Waals surface area contributed by atoms with Crippen molar-refractivity contribution >= 4 is 40.8 Å². The number of para-hydroxylation sites is 2. The van der Waals surface area contributed by atoms with Gasteiger partial charge in [-0.05, 0) is 72.7 Å². The number of amides is 1. The van der Waals surface area contributed by atoms with E-state index in [1.165, 1.54) is 0 Å². The van der Waals surface area contributed by atoms with Crippen molar-refractivity contribution in [2.24, 2.45) is 5.10 Å². The predicted octanol–water partition coefficient (Wildman–Crippen LogP) is 4.33. The monoisotopic (exact) mass is 418 g/mol. The van der Waals surface area contributed by atoms with Crippen molar-refractivity contribution in [2.45, 2.75) is 6.92 Å². The van der Waals surface area contributed by atoms with E-state index in [1.54, 1.807) is 18.3 Å². The minimum absolute atomic E-state index is 0.0667. The first-order valence-corrected chi connectivity index (χ1v) is 9.74. The number of benzene rings is 3. The number of nitrogens with one attached hydrogen (secondary N) is 3. The van der Waals surface area contributed by atoms with Crippen LogP contribution in [0.2, 0.25) is 0 Å². The number of ether oxygens (including phenoxy) is 1. The Kier molecular flexibility index (Phi) is 7.51. The van der Waals surface area contributed by atoms with Gasteiger partial charge >= 0.3 is 0 Å².